The van der Waals surface area contributed by atoms with Crippen molar-refractivity contribution in [3.63, 3.8) is 0 Å². The summed E-state index contributed by atoms with van der Waals surface area (Å²) in [5, 5.41) is 21.9. The van der Waals surface area contributed by atoms with Crippen LogP contribution in [0.2, 0.25) is 0 Å². The quantitative estimate of drug-likeness (QED) is 0.322. The number of fused-ring (bicyclic) bond motifs is 1. The largest absolute Gasteiger partial charge is 0.494 e. The van der Waals surface area contributed by atoms with Gasteiger partial charge in [0, 0.05) is 17.8 Å². The average Bonchev–Trinajstić information content (AvgIpc) is 3.30. The van der Waals surface area contributed by atoms with Gasteiger partial charge in [0.15, 0.2) is 5.82 Å². The summed E-state index contributed by atoms with van der Waals surface area (Å²) in [6.07, 6.45) is 1.75. The molecule has 1 atom stereocenters. The molecule has 1 aromatic heterocycles. The van der Waals surface area contributed by atoms with Gasteiger partial charge >= 0.3 is 5.97 Å². The molecule has 0 saturated carbocycles. The van der Waals surface area contributed by atoms with Crippen molar-refractivity contribution in [2.45, 2.75) is 31.8 Å². The van der Waals surface area contributed by atoms with E-state index in [1.54, 1.807) is 22.8 Å². The van der Waals surface area contributed by atoms with Crippen molar-refractivity contribution in [2.75, 3.05) is 5.73 Å². The monoisotopic (exact) mass is 432 g/mol. The molecule has 3 heterocycles. The predicted molar refractivity (Wildman–Crippen MR) is 108 cm³/mol. The van der Waals surface area contributed by atoms with Gasteiger partial charge < -0.3 is 31.6 Å². The normalized spacial score (nSPS) is 12.0. The van der Waals surface area contributed by atoms with Crippen LogP contribution in [-0.2, 0) is 22.6 Å². The summed E-state index contributed by atoms with van der Waals surface area (Å²) in [6, 6.07) is 3.69. The number of carboxylic acid groups (broad SMARTS) is 1. The number of rotatable bonds is 9. The van der Waals surface area contributed by atoms with Gasteiger partial charge in [-0.1, -0.05) is 0 Å². The highest BCUT2D eigenvalue weighted by molar-refractivity contribution is 7.14. The second-order valence-electron chi connectivity index (χ2n) is 6.57. The van der Waals surface area contributed by atoms with Gasteiger partial charge in [-0.3, -0.25) is 9.59 Å². The zero-order chi connectivity index (χ0) is 21.8. The van der Waals surface area contributed by atoms with Crippen LogP contribution in [0.5, 0.6) is 5.88 Å². The number of carbonyl (C=O) groups is 3. The number of aromatic hydroxyl groups is 1. The zero-order valence-corrected chi connectivity index (χ0v) is 16.6. The summed E-state index contributed by atoms with van der Waals surface area (Å²) >= 11 is 1.21. The number of aliphatic carboxylic acids is 1. The summed E-state index contributed by atoms with van der Waals surface area (Å²) in [4.78, 5) is 43.8. The minimum Gasteiger partial charge on any atom is -0.494 e. The maximum Gasteiger partial charge on any atom is 0.326 e. The number of hydrogen-bond acceptors (Lipinski definition) is 8. The Morgan fingerprint density at radius 3 is 2.77 bits per heavy atom. The fraction of sp³-hybridized carbons (Fsp3) is 0.278. The van der Waals surface area contributed by atoms with Gasteiger partial charge in [0.25, 0.3) is 5.91 Å². The lowest BCUT2D eigenvalue weighted by molar-refractivity contribution is -0.139. The fourth-order valence-electron chi connectivity index (χ4n) is 2.83. The molecule has 2 aliphatic heterocycles. The minimum atomic E-state index is -1.24. The molecule has 0 aliphatic carbocycles. The molecule has 2 amide bonds. The lowest BCUT2D eigenvalue weighted by atomic mass is 10.1. The number of nitrogens with zero attached hydrogens (tertiary/aromatic N) is 3. The summed E-state index contributed by atoms with van der Waals surface area (Å²) in [5.74, 6) is -1.78. The van der Waals surface area contributed by atoms with Crippen molar-refractivity contribution in [1.82, 2.24) is 19.9 Å². The third-order valence-electron chi connectivity index (χ3n) is 4.37. The number of anilines is 1. The maximum absolute atomic E-state index is 12.3. The van der Waals surface area contributed by atoms with Gasteiger partial charge in [0.2, 0.25) is 11.8 Å². The summed E-state index contributed by atoms with van der Waals surface area (Å²) < 4.78 is 1.55. The molecule has 11 nitrogen and oxygen atoms in total. The molecule has 0 aromatic carbocycles. The van der Waals surface area contributed by atoms with Crippen molar-refractivity contribution >= 4 is 34.9 Å². The topological polar surface area (TPSA) is 186 Å². The maximum atomic E-state index is 12.3. The average molecular weight is 432 g/mol. The third kappa shape index (κ3) is 4.84. The van der Waals surface area contributed by atoms with Crippen LogP contribution in [0.1, 0.15) is 27.4 Å². The smallest absolute Gasteiger partial charge is 0.326 e. The molecule has 0 radical (unpaired) electrons. The Balaban J connectivity index is 1.63. The highest BCUT2D eigenvalue weighted by Gasteiger charge is 2.22. The van der Waals surface area contributed by atoms with E-state index in [4.69, 9.17) is 11.5 Å². The van der Waals surface area contributed by atoms with Crippen LogP contribution in [-0.4, -0.2) is 48.6 Å². The Morgan fingerprint density at radius 2 is 2.07 bits per heavy atom. The van der Waals surface area contributed by atoms with E-state index in [1.807, 2.05) is 0 Å². The van der Waals surface area contributed by atoms with Crippen LogP contribution < -0.4 is 16.8 Å². The SMILES string of the molecule is NC(=O)CC[C@H](NC(=O)c1ccc(CCn2cnc3nc(N)cc-3c2O)s1)C(=O)O. The molecule has 1 aromatic rings. The Bertz CT molecular complexity index is 1060. The molecule has 158 valence electrons. The number of hydrogen-bond donors (Lipinski definition) is 5. The number of aromatic nitrogens is 3. The van der Waals surface area contributed by atoms with Gasteiger partial charge in [-0.2, -0.15) is 0 Å². The number of carboxylic acids is 1. The molecule has 0 bridgehead atoms. The van der Waals surface area contributed by atoms with Gasteiger partial charge in [-0.25, -0.2) is 14.8 Å². The number of nitrogen functional groups attached to an aromatic ring is 1. The van der Waals surface area contributed by atoms with Crippen LogP contribution in [0.3, 0.4) is 0 Å². The molecule has 12 heteroatoms. The molecule has 0 spiro atoms. The number of primary amides is 1. The molecule has 2 aliphatic rings. The van der Waals surface area contributed by atoms with Crippen molar-refractivity contribution in [3.05, 3.63) is 34.3 Å². The lowest BCUT2D eigenvalue weighted by Crippen LogP contribution is -2.41. The van der Waals surface area contributed by atoms with E-state index in [9.17, 15) is 24.6 Å². The molecular formula is C18H20N6O5S. The van der Waals surface area contributed by atoms with Crippen molar-refractivity contribution in [3.8, 4) is 17.3 Å². The van der Waals surface area contributed by atoms with Crippen LogP contribution >= 0.6 is 11.3 Å². The first-order valence-electron chi connectivity index (χ1n) is 8.95. The number of carbonyl (C=O) groups excluding carboxylic acids is 2. The third-order valence-corrected chi connectivity index (χ3v) is 5.51. The number of nitrogens with two attached hydrogens (primary N) is 2. The standard InChI is InChI=1S/C18H20N6O5S/c19-13-7-10-15(23-13)21-8-24(17(10)27)6-5-9-1-3-12(30-9)16(26)22-11(18(28)29)2-4-14(20)25/h1,3,7-8,11,27H,2,4-6,19H2,(H2,20,25)(H,22,26)(H,28,29)/t11-/m0/s1. The van der Waals surface area contributed by atoms with Gasteiger partial charge in [0.1, 0.15) is 11.9 Å². The highest BCUT2D eigenvalue weighted by atomic mass is 32.1. The highest BCUT2D eigenvalue weighted by Crippen LogP contribution is 2.30. The van der Waals surface area contributed by atoms with E-state index in [0.717, 1.165) is 4.88 Å². The molecule has 0 unspecified atom stereocenters. The lowest BCUT2D eigenvalue weighted by Gasteiger charge is -2.12. The minimum absolute atomic E-state index is 0.00234. The summed E-state index contributed by atoms with van der Waals surface area (Å²) in [7, 11) is 0. The van der Waals surface area contributed by atoms with E-state index < -0.39 is 23.8 Å². The molecule has 3 rings (SSSR count). The van der Waals surface area contributed by atoms with E-state index in [2.05, 4.69) is 15.3 Å². The van der Waals surface area contributed by atoms with E-state index in [0.29, 0.717) is 29.2 Å². The van der Waals surface area contributed by atoms with E-state index >= 15 is 0 Å². The fourth-order valence-corrected chi connectivity index (χ4v) is 3.73. The van der Waals surface area contributed by atoms with E-state index in [-0.39, 0.29) is 24.5 Å². The Hall–Kier alpha value is -3.67. The van der Waals surface area contributed by atoms with Gasteiger partial charge in [0.05, 0.1) is 16.8 Å². The molecular weight excluding hydrogens is 412 g/mol. The second-order valence-corrected chi connectivity index (χ2v) is 7.73. The molecule has 7 N–H and O–H groups in total. The first-order valence-corrected chi connectivity index (χ1v) is 9.77. The van der Waals surface area contributed by atoms with Crippen molar-refractivity contribution in [1.29, 1.82) is 0 Å². The van der Waals surface area contributed by atoms with E-state index in [1.165, 1.54) is 17.7 Å². The van der Waals surface area contributed by atoms with Crippen LogP contribution in [0.15, 0.2) is 24.5 Å². The molecule has 0 fully saturated rings. The number of amides is 2. The van der Waals surface area contributed by atoms with Crippen LogP contribution in [0.4, 0.5) is 5.82 Å². The summed E-state index contributed by atoms with van der Waals surface area (Å²) in [5.41, 5.74) is 11.1. The van der Waals surface area contributed by atoms with Crippen molar-refractivity contribution in [2.24, 2.45) is 5.73 Å². The second kappa shape index (κ2) is 8.78. The van der Waals surface area contributed by atoms with Gasteiger partial charge in [-0.15, -0.1) is 11.3 Å². The van der Waals surface area contributed by atoms with Crippen LogP contribution in [0.25, 0.3) is 11.4 Å². The summed E-state index contributed by atoms with van der Waals surface area (Å²) in [6.45, 7) is 0.401. The van der Waals surface area contributed by atoms with Gasteiger partial charge in [-0.05, 0) is 31.0 Å². The Labute approximate surface area is 174 Å². The van der Waals surface area contributed by atoms with Crippen LogP contribution in [0, 0.1) is 0 Å². The van der Waals surface area contributed by atoms with Crippen molar-refractivity contribution < 1.29 is 24.6 Å². The number of thiophene rings is 1. The Kier molecular flexibility index (Phi) is 6.16. The molecule has 0 saturated heterocycles. The Morgan fingerprint density at radius 1 is 1.30 bits per heavy atom. The number of aryl methyl sites for hydroxylation is 2. The molecule has 30 heavy (non-hydrogen) atoms. The predicted octanol–water partition coefficient (Wildman–Crippen LogP) is 0.423. The first kappa shape index (κ1) is 21.0. The first-order chi connectivity index (χ1) is 14.2. The zero-order valence-electron chi connectivity index (χ0n) is 15.7. The number of nitrogens with one attached hydrogen (secondary N) is 1.